The summed E-state index contributed by atoms with van der Waals surface area (Å²) in [6, 6.07) is 5.29. The number of nitriles is 1. The van der Waals surface area contributed by atoms with Crippen molar-refractivity contribution >= 4 is 17.6 Å². The first kappa shape index (κ1) is 12.5. The maximum absolute atomic E-state index is 11.7. The van der Waals surface area contributed by atoms with Crippen LogP contribution in [0.15, 0.2) is 12.1 Å². The second-order valence-electron chi connectivity index (χ2n) is 3.15. The van der Waals surface area contributed by atoms with Crippen molar-refractivity contribution in [2.24, 2.45) is 0 Å². The Morgan fingerprint density at radius 1 is 1.50 bits per heavy atom. The molecule has 1 aromatic rings. The van der Waals surface area contributed by atoms with Crippen molar-refractivity contribution in [2.45, 2.75) is 20.3 Å². The van der Waals surface area contributed by atoms with Gasteiger partial charge in [0.2, 0.25) is 0 Å². The predicted molar refractivity (Wildman–Crippen MR) is 61.5 cm³/mol. The molecule has 0 amide bonds. The van der Waals surface area contributed by atoms with Crippen LogP contribution in [0.2, 0.25) is 5.02 Å². The van der Waals surface area contributed by atoms with Gasteiger partial charge in [0, 0.05) is 0 Å². The molecular formula is C12H12ClNO2. The highest BCUT2D eigenvalue weighted by molar-refractivity contribution is 6.34. The fraction of sp³-hybridized carbons (Fsp3) is 0.333. The first-order valence-corrected chi connectivity index (χ1v) is 5.42. The van der Waals surface area contributed by atoms with E-state index in [1.54, 1.807) is 19.1 Å². The van der Waals surface area contributed by atoms with E-state index in [1.165, 1.54) is 0 Å². The van der Waals surface area contributed by atoms with Crippen LogP contribution in [0.25, 0.3) is 0 Å². The van der Waals surface area contributed by atoms with E-state index in [-0.39, 0.29) is 17.7 Å². The van der Waals surface area contributed by atoms with Crippen molar-refractivity contribution in [3.8, 4) is 6.07 Å². The molecule has 16 heavy (non-hydrogen) atoms. The van der Waals surface area contributed by atoms with Gasteiger partial charge in [-0.05, 0) is 25.0 Å². The number of halogens is 1. The summed E-state index contributed by atoms with van der Waals surface area (Å²) in [5.74, 6) is -0.542. The fourth-order valence-corrected chi connectivity index (χ4v) is 1.76. The molecular weight excluding hydrogens is 226 g/mol. The van der Waals surface area contributed by atoms with Crippen LogP contribution in [-0.2, 0) is 11.2 Å². The number of rotatable bonds is 3. The van der Waals surface area contributed by atoms with Crippen LogP contribution in [0.5, 0.6) is 0 Å². The summed E-state index contributed by atoms with van der Waals surface area (Å²) in [6.07, 6.45) is 0.705. The van der Waals surface area contributed by atoms with Crippen molar-refractivity contribution in [1.82, 2.24) is 0 Å². The molecule has 0 aliphatic heterocycles. The van der Waals surface area contributed by atoms with Gasteiger partial charge >= 0.3 is 5.97 Å². The van der Waals surface area contributed by atoms with E-state index in [1.807, 2.05) is 13.0 Å². The maximum Gasteiger partial charge on any atom is 0.341 e. The lowest BCUT2D eigenvalue weighted by molar-refractivity contribution is 0.0526. The standard InChI is InChI=1S/C12H12ClNO2/c1-3-8-5-6-9(7-14)10(11(8)13)12(15)16-4-2/h5-6H,3-4H2,1-2H3. The lowest BCUT2D eigenvalue weighted by atomic mass is 10.0. The second-order valence-corrected chi connectivity index (χ2v) is 3.53. The number of aryl methyl sites for hydroxylation is 1. The van der Waals surface area contributed by atoms with E-state index in [9.17, 15) is 4.79 Å². The van der Waals surface area contributed by atoms with Crippen molar-refractivity contribution < 1.29 is 9.53 Å². The number of hydrogen-bond acceptors (Lipinski definition) is 3. The normalized spacial score (nSPS) is 9.62. The molecule has 0 saturated carbocycles. The van der Waals surface area contributed by atoms with Crippen LogP contribution in [0.1, 0.15) is 35.3 Å². The SMILES string of the molecule is CCOC(=O)c1c(C#N)ccc(CC)c1Cl. The van der Waals surface area contributed by atoms with Gasteiger partial charge in [-0.3, -0.25) is 0 Å². The lowest BCUT2D eigenvalue weighted by Gasteiger charge is -2.09. The molecule has 1 aromatic carbocycles. The maximum atomic E-state index is 11.7. The summed E-state index contributed by atoms with van der Waals surface area (Å²) in [4.78, 5) is 11.7. The number of nitrogens with zero attached hydrogens (tertiary/aromatic N) is 1. The molecule has 4 heteroatoms. The van der Waals surface area contributed by atoms with Crippen molar-refractivity contribution in [1.29, 1.82) is 5.26 Å². The quantitative estimate of drug-likeness (QED) is 0.760. The molecule has 0 heterocycles. The van der Waals surface area contributed by atoms with E-state index in [2.05, 4.69) is 0 Å². The van der Waals surface area contributed by atoms with Gasteiger partial charge in [-0.2, -0.15) is 5.26 Å². The van der Waals surface area contributed by atoms with Gasteiger partial charge in [-0.25, -0.2) is 4.79 Å². The molecule has 0 spiro atoms. The summed E-state index contributed by atoms with van der Waals surface area (Å²) < 4.78 is 4.88. The summed E-state index contributed by atoms with van der Waals surface area (Å²) in [5, 5.41) is 9.23. The van der Waals surface area contributed by atoms with Crippen LogP contribution in [0, 0.1) is 11.3 Å². The molecule has 0 fully saturated rings. The van der Waals surface area contributed by atoms with Crippen LogP contribution in [0.4, 0.5) is 0 Å². The highest BCUT2D eigenvalue weighted by Gasteiger charge is 2.18. The minimum Gasteiger partial charge on any atom is -0.462 e. The molecule has 0 radical (unpaired) electrons. The zero-order valence-corrected chi connectivity index (χ0v) is 9.97. The summed E-state index contributed by atoms with van der Waals surface area (Å²) in [7, 11) is 0. The third kappa shape index (κ3) is 2.34. The van der Waals surface area contributed by atoms with Crippen LogP contribution >= 0.6 is 11.6 Å². The number of hydrogen-bond donors (Lipinski definition) is 0. The Bertz CT molecular complexity index is 449. The van der Waals surface area contributed by atoms with Crippen LogP contribution in [0.3, 0.4) is 0 Å². The molecule has 0 bridgehead atoms. The van der Waals surface area contributed by atoms with Gasteiger partial charge in [0.05, 0.1) is 22.8 Å². The Morgan fingerprint density at radius 2 is 2.19 bits per heavy atom. The van der Waals surface area contributed by atoms with Gasteiger partial charge < -0.3 is 4.74 Å². The molecule has 0 aromatic heterocycles. The Hall–Kier alpha value is -1.53. The summed E-state index contributed by atoms with van der Waals surface area (Å²) in [5.41, 5.74) is 1.26. The van der Waals surface area contributed by atoms with Gasteiger partial charge in [0.1, 0.15) is 6.07 Å². The molecule has 84 valence electrons. The largest absolute Gasteiger partial charge is 0.462 e. The van der Waals surface area contributed by atoms with E-state index in [0.29, 0.717) is 11.4 Å². The van der Waals surface area contributed by atoms with Crippen LogP contribution in [-0.4, -0.2) is 12.6 Å². The molecule has 3 nitrogen and oxygen atoms in total. The van der Waals surface area contributed by atoms with Crippen LogP contribution < -0.4 is 0 Å². The minimum absolute atomic E-state index is 0.172. The van der Waals surface area contributed by atoms with Gasteiger partial charge in [0.25, 0.3) is 0 Å². The summed E-state index contributed by atoms with van der Waals surface area (Å²) >= 11 is 6.07. The number of carbonyl (C=O) groups excluding carboxylic acids is 1. The first-order chi connectivity index (χ1) is 7.65. The smallest absolute Gasteiger partial charge is 0.341 e. The number of esters is 1. The Balaban J connectivity index is 3.33. The monoisotopic (exact) mass is 237 g/mol. The predicted octanol–water partition coefficient (Wildman–Crippen LogP) is 2.95. The second kappa shape index (κ2) is 5.53. The van der Waals surface area contributed by atoms with E-state index in [4.69, 9.17) is 21.6 Å². The fourth-order valence-electron chi connectivity index (χ4n) is 1.39. The molecule has 0 aliphatic carbocycles. The molecule has 0 unspecified atom stereocenters. The third-order valence-corrected chi connectivity index (χ3v) is 2.63. The third-order valence-electron chi connectivity index (χ3n) is 2.20. The van der Waals surface area contributed by atoms with Gasteiger partial charge in [-0.15, -0.1) is 0 Å². The summed E-state index contributed by atoms with van der Waals surface area (Å²) in [6.45, 7) is 3.90. The van der Waals surface area contributed by atoms with E-state index < -0.39 is 5.97 Å². The first-order valence-electron chi connectivity index (χ1n) is 5.04. The zero-order valence-electron chi connectivity index (χ0n) is 9.21. The average Bonchev–Trinajstić information content (AvgIpc) is 2.28. The highest BCUT2D eigenvalue weighted by Crippen LogP contribution is 2.25. The van der Waals surface area contributed by atoms with Crippen molar-refractivity contribution in [3.05, 3.63) is 33.8 Å². The zero-order chi connectivity index (χ0) is 12.1. The Kier molecular flexibility index (Phi) is 4.33. The highest BCUT2D eigenvalue weighted by atomic mass is 35.5. The number of ether oxygens (including phenoxy) is 1. The van der Waals surface area contributed by atoms with Gasteiger partial charge in [-0.1, -0.05) is 24.6 Å². The lowest BCUT2D eigenvalue weighted by Crippen LogP contribution is -2.09. The Morgan fingerprint density at radius 3 is 2.69 bits per heavy atom. The number of carbonyl (C=O) groups is 1. The Labute approximate surface area is 99.6 Å². The molecule has 0 atom stereocenters. The average molecular weight is 238 g/mol. The molecule has 0 N–H and O–H groups in total. The van der Waals surface area contributed by atoms with Crippen molar-refractivity contribution in [3.63, 3.8) is 0 Å². The number of benzene rings is 1. The molecule has 0 saturated heterocycles. The van der Waals surface area contributed by atoms with E-state index >= 15 is 0 Å². The molecule has 0 aliphatic rings. The van der Waals surface area contributed by atoms with Crippen molar-refractivity contribution in [2.75, 3.05) is 6.61 Å². The molecule has 1 rings (SSSR count). The topological polar surface area (TPSA) is 50.1 Å². The minimum atomic E-state index is -0.542. The van der Waals surface area contributed by atoms with E-state index in [0.717, 1.165) is 5.56 Å². The van der Waals surface area contributed by atoms with Gasteiger partial charge in [0.15, 0.2) is 0 Å².